The van der Waals surface area contributed by atoms with Crippen LogP contribution in [0.25, 0.3) is 0 Å². The summed E-state index contributed by atoms with van der Waals surface area (Å²) in [4.78, 5) is 12.4. The second-order valence-electron chi connectivity index (χ2n) is 4.37. The first-order chi connectivity index (χ1) is 9.00. The van der Waals surface area contributed by atoms with Crippen molar-refractivity contribution in [3.05, 3.63) is 58.1 Å². The van der Waals surface area contributed by atoms with Gasteiger partial charge in [0, 0.05) is 12.7 Å². The van der Waals surface area contributed by atoms with Crippen LogP contribution in [0.2, 0.25) is 0 Å². The second kappa shape index (κ2) is 4.97. The summed E-state index contributed by atoms with van der Waals surface area (Å²) in [7, 11) is 1.78. The summed E-state index contributed by atoms with van der Waals surface area (Å²) < 4.78 is 0. The quantitative estimate of drug-likeness (QED) is 0.520. The van der Waals surface area contributed by atoms with Crippen molar-refractivity contribution in [3.63, 3.8) is 0 Å². The zero-order valence-corrected chi connectivity index (χ0v) is 10.8. The number of para-hydroxylation sites is 1. The van der Waals surface area contributed by atoms with E-state index in [1.54, 1.807) is 24.1 Å². The number of nitrogens with zero attached hydrogens (tertiary/aromatic N) is 2. The van der Waals surface area contributed by atoms with Crippen LogP contribution in [-0.4, -0.2) is 12.0 Å². The minimum Gasteiger partial charge on any atom is -0.393 e. The van der Waals surface area contributed by atoms with E-state index in [-0.39, 0.29) is 11.4 Å². The van der Waals surface area contributed by atoms with Crippen molar-refractivity contribution >= 4 is 22.7 Å². The van der Waals surface area contributed by atoms with E-state index in [0.29, 0.717) is 5.69 Å². The molecule has 5 nitrogen and oxygen atoms in total. The molecule has 0 amide bonds. The molecule has 0 aliphatic carbocycles. The van der Waals surface area contributed by atoms with E-state index in [2.05, 4.69) is 0 Å². The van der Waals surface area contributed by atoms with Gasteiger partial charge in [-0.2, -0.15) is 0 Å². The number of rotatable bonds is 3. The van der Waals surface area contributed by atoms with E-state index in [0.717, 1.165) is 11.3 Å². The first kappa shape index (κ1) is 12.9. The van der Waals surface area contributed by atoms with Crippen molar-refractivity contribution in [1.82, 2.24) is 0 Å². The Morgan fingerprint density at radius 2 is 1.79 bits per heavy atom. The minimum absolute atomic E-state index is 0.0643. The number of nitrogen functional groups attached to an aromatic ring is 1. The molecule has 0 unspecified atom stereocenters. The Kier molecular flexibility index (Phi) is 3.37. The predicted molar refractivity (Wildman–Crippen MR) is 76.8 cm³/mol. The average molecular weight is 257 g/mol. The summed E-state index contributed by atoms with van der Waals surface area (Å²) >= 11 is 0. The Morgan fingerprint density at radius 1 is 1.16 bits per heavy atom. The fourth-order valence-corrected chi connectivity index (χ4v) is 1.93. The molecule has 19 heavy (non-hydrogen) atoms. The minimum atomic E-state index is -0.449. The summed E-state index contributed by atoms with van der Waals surface area (Å²) in [6.45, 7) is 1.99. The standard InChI is InChI=1S/C14H15N3O2/c1-10-6-8-11(9-7-10)16(2)13-5-3-4-12(15)14(13)17(18)19/h3-9H,15H2,1-2H3. The Balaban J connectivity index is 2.49. The third kappa shape index (κ3) is 2.49. The van der Waals surface area contributed by atoms with E-state index < -0.39 is 4.92 Å². The molecule has 2 N–H and O–H groups in total. The third-order valence-electron chi connectivity index (χ3n) is 3.01. The highest BCUT2D eigenvalue weighted by Crippen LogP contribution is 2.36. The fourth-order valence-electron chi connectivity index (χ4n) is 1.93. The van der Waals surface area contributed by atoms with Gasteiger partial charge in [-0.25, -0.2) is 0 Å². The van der Waals surface area contributed by atoms with Gasteiger partial charge in [-0.3, -0.25) is 10.1 Å². The molecule has 5 heteroatoms. The molecule has 0 atom stereocenters. The van der Waals surface area contributed by atoms with Gasteiger partial charge in [-0.15, -0.1) is 0 Å². The van der Waals surface area contributed by atoms with Crippen LogP contribution in [0, 0.1) is 17.0 Å². The van der Waals surface area contributed by atoms with Gasteiger partial charge in [-0.1, -0.05) is 23.8 Å². The maximum absolute atomic E-state index is 11.1. The van der Waals surface area contributed by atoms with Gasteiger partial charge < -0.3 is 10.6 Å². The average Bonchev–Trinajstić information content (AvgIpc) is 2.38. The molecule has 0 spiro atoms. The topological polar surface area (TPSA) is 72.4 Å². The Labute approximate surface area is 111 Å². The lowest BCUT2D eigenvalue weighted by Gasteiger charge is -2.20. The maximum Gasteiger partial charge on any atom is 0.315 e. The third-order valence-corrected chi connectivity index (χ3v) is 3.01. The number of nitro groups is 1. The van der Waals surface area contributed by atoms with E-state index in [1.165, 1.54) is 6.07 Å². The maximum atomic E-state index is 11.1. The van der Waals surface area contributed by atoms with Crippen molar-refractivity contribution in [3.8, 4) is 0 Å². The highest BCUT2D eigenvalue weighted by Gasteiger charge is 2.21. The lowest BCUT2D eigenvalue weighted by atomic mass is 10.1. The molecule has 2 rings (SSSR count). The van der Waals surface area contributed by atoms with Crippen molar-refractivity contribution in [2.24, 2.45) is 0 Å². The highest BCUT2D eigenvalue weighted by atomic mass is 16.6. The number of nitro benzene ring substituents is 1. The van der Waals surface area contributed by atoms with Crippen LogP contribution in [-0.2, 0) is 0 Å². The van der Waals surface area contributed by atoms with Crippen molar-refractivity contribution in [2.45, 2.75) is 6.92 Å². The molecule has 0 heterocycles. The Morgan fingerprint density at radius 3 is 2.37 bits per heavy atom. The molecule has 0 fully saturated rings. The molecule has 0 aromatic heterocycles. The van der Waals surface area contributed by atoms with Crippen LogP contribution in [0.15, 0.2) is 42.5 Å². The van der Waals surface area contributed by atoms with Gasteiger partial charge in [0.25, 0.3) is 0 Å². The van der Waals surface area contributed by atoms with Crippen LogP contribution in [0.5, 0.6) is 0 Å². The number of aryl methyl sites for hydroxylation is 1. The molecule has 98 valence electrons. The molecule has 2 aromatic rings. The zero-order chi connectivity index (χ0) is 14.0. The summed E-state index contributed by atoms with van der Waals surface area (Å²) in [5.41, 5.74) is 8.29. The molecule has 0 aliphatic rings. The zero-order valence-electron chi connectivity index (χ0n) is 10.8. The number of nitrogens with two attached hydrogens (primary N) is 1. The fraction of sp³-hybridized carbons (Fsp3) is 0.143. The van der Waals surface area contributed by atoms with Gasteiger partial charge in [0.2, 0.25) is 0 Å². The van der Waals surface area contributed by atoms with Gasteiger partial charge in [0.05, 0.1) is 4.92 Å². The lowest BCUT2D eigenvalue weighted by Crippen LogP contribution is -2.12. The summed E-state index contributed by atoms with van der Waals surface area (Å²) in [6.07, 6.45) is 0. The summed E-state index contributed by atoms with van der Waals surface area (Å²) in [5, 5.41) is 11.1. The molecular weight excluding hydrogens is 242 g/mol. The largest absolute Gasteiger partial charge is 0.393 e. The van der Waals surface area contributed by atoms with Crippen LogP contribution >= 0.6 is 0 Å². The van der Waals surface area contributed by atoms with Crippen LogP contribution in [0.1, 0.15) is 5.56 Å². The molecule has 0 radical (unpaired) electrons. The first-order valence-corrected chi connectivity index (χ1v) is 5.84. The molecule has 0 saturated carbocycles. The van der Waals surface area contributed by atoms with Gasteiger partial charge in [-0.05, 0) is 31.2 Å². The van der Waals surface area contributed by atoms with Gasteiger partial charge in [0.1, 0.15) is 11.4 Å². The van der Waals surface area contributed by atoms with Crippen LogP contribution in [0.4, 0.5) is 22.7 Å². The predicted octanol–water partition coefficient (Wildman–Crippen LogP) is 3.25. The van der Waals surface area contributed by atoms with E-state index in [1.807, 2.05) is 31.2 Å². The first-order valence-electron chi connectivity index (χ1n) is 5.84. The van der Waals surface area contributed by atoms with Gasteiger partial charge in [0.15, 0.2) is 0 Å². The Bertz CT molecular complexity index is 609. The molecule has 2 aromatic carbocycles. The van der Waals surface area contributed by atoms with Crippen molar-refractivity contribution < 1.29 is 4.92 Å². The van der Waals surface area contributed by atoms with E-state index >= 15 is 0 Å². The number of hydrogen-bond donors (Lipinski definition) is 1. The number of anilines is 3. The van der Waals surface area contributed by atoms with E-state index in [9.17, 15) is 10.1 Å². The second-order valence-corrected chi connectivity index (χ2v) is 4.37. The smallest absolute Gasteiger partial charge is 0.315 e. The van der Waals surface area contributed by atoms with Crippen LogP contribution < -0.4 is 10.6 Å². The SMILES string of the molecule is Cc1ccc(N(C)c2cccc(N)c2[N+](=O)[O-])cc1. The molecule has 0 saturated heterocycles. The monoisotopic (exact) mass is 257 g/mol. The summed E-state index contributed by atoms with van der Waals surface area (Å²) in [6, 6.07) is 12.7. The molecule has 0 aliphatic heterocycles. The van der Waals surface area contributed by atoms with Gasteiger partial charge >= 0.3 is 5.69 Å². The number of hydrogen-bond acceptors (Lipinski definition) is 4. The van der Waals surface area contributed by atoms with Crippen molar-refractivity contribution in [1.29, 1.82) is 0 Å². The van der Waals surface area contributed by atoms with E-state index in [4.69, 9.17) is 5.73 Å². The molecular formula is C14H15N3O2. The molecule has 0 bridgehead atoms. The lowest BCUT2D eigenvalue weighted by molar-refractivity contribution is -0.383. The Hall–Kier alpha value is -2.56. The highest BCUT2D eigenvalue weighted by molar-refractivity contribution is 5.79. The van der Waals surface area contributed by atoms with Crippen molar-refractivity contribution in [2.75, 3.05) is 17.7 Å². The number of benzene rings is 2. The van der Waals surface area contributed by atoms with Crippen LogP contribution in [0.3, 0.4) is 0 Å². The summed E-state index contributed by atoms with van der Waals surface area (Å²) in [5.74, 6) is 0. The normalized spacial score (nSPS) is 10.2.